The van der Waals surface area contributed by atoms with E-state index in [2.05, 4.69) is 4.74 Å². The second-order valence-electron chi connectivity index (χ2n) is 5.05. The van der Waals surface area contributed by atoms with Gasteiger partial charge in [-0.25, -0.2) is 9.59 Å². The lowest BCUT2D eigenvalue weighted by Gasteiger charge is -2.09. The highest BCUT2D eigenvalue weighted by molar-refractivity contribution is 5.89. The van der Waals surface area contributed by atoms with Gasteiger partial charge in [0.05, 0.1) is 27.1 Å². The van der Waals surface area contributed by atoms with E-state index < -0.39 is 11.9 Å². The maximum atomic E-state index is 11.9. The van der Waals surface area contributed by atoms with E-state index in [1.54, 1.807) is 37.5 Å². The molecular formula is C19H20O7. The van der Waals surface area contributed by atoms with Crippen LogP contribution in [-0.2, 0) is 20.9 Å². The van der Waals surface area contributed by atoms with E-state index in [4.69, 9.17) is 18.6 Å². The van der Waals surface area contributed by atoms with Crippen LogP contribution in [0.25, 0.3) is 6.08 Å². The van der Waals surface area contributed by atoms with Crippen LogP contribution in [-0.4, -0.2) is 32.8 Å². The summed E-state index contributed by atoms with van der Waals surface area (Å²) in [6.07, 6.45) is 4.21. The third-order valence-electron chi connectivity index (χ3n) is 3.39. The van der Waals surface area contributed by atoms with Crippen LogP contribution in [0.5, 0.6) is 11.5 Å². The number of ether oxygens (including phenoxy) is 4. The summed E-state index contributed by atoms with van der Waals surface area (Å²) in [5.74, 6) is 0.0296. The van der Waals surface area contributed by atoms with Gasteiger partial charge in [-0.2, -0.15) is 0 Å². The van der Waals surface area contributed by atoms with Crippen molar-refractivity contribution < 1.29 is 33.0 Å². The third kappa shape index (κ3) is 4.89. The van der Waals surface area contributed by atoms with Crippen molar-refractivity contribution in [2.45, 2.75) is 13.5 Å². The lowest BCUT2D eigenvalue weighted by atomic mass is 10.2. The first kappa shape index (κ1) is 19.1. The Morgan fingerprint density at radius 1 is 1.15 bits per heavy atom. The first-order valence-corrected chi connectivity index (χ1v) is 7.89. The largest absolute Gasteiger partial charge is 0.493 e. The van der Waals surface area contributed by atoms with Gasteiger partial charge < -0.3 is 23.4 Å². The fraction of sp³-hybridized carbons (Fsp3) is 0.263. The number of furan rings is 1. The average molecular weight is 360 g/mol. The van der Waals surface area contributed by atoms with Gasteiger partial charge in [0.1, 0.15) is 6.61 Å². The molecule has 1 aromatic heterocycles. The molecule has 0 atom stereocenters. The molecule has 0 aliphatic rings. The molecule has 2 rings (SSSR count). The van der Waals surface area contributed by atoms with E-state index in [9.17, 15) is 9.59 Å². The van der Waals surface area contributed by atoms with Gasteiger partial charge in [0.25, 0.3) is 0 Å². The summed E-state index contributed by atoms with van der Waals surface area (Å²) in [4.78, 5) is 23.4. The Morgan fingerprint density at radius 2 is 1.96 bits per heavy atom. The van der Waals surface area contributed by atoms with Crippen LogP contribution in [0.1, 0.15) is 28.6 Å². The molecular weight excluding hydrogens is 340 g/mol. The lowest BCUT2D eigenvalue weighted by Crippen LogP contribution is -2.06. The summed E-state index contributed by atoms with van der Waals surface area (Å²) in [6.45, 7) is 2.31. The molecule has 7 nitrogen and oxygen atoms in total. The molecule has 0 aliphatic heterocycles. The zero-order valence-electron chi connectivity index (χ0n) is 14.8. The number of methoxy groups -OCH3 is 2. The molecule has 0 spiro atoms. The van der Waals surface area contributed by atoms with E-state index in [1.165, 1.54) is 19.4 Å². The van der Waals surface area contributed by atoms with Gasteiger partial charge in [-0.05, 0) is 36.8 Å². The van der Waals surface area contributed by atoms with Crippen molar-refractivity contribution in [1.29, 1.82) is 0 Å². The fourth-order valence-corrected chi connectivity index (χ4v) is 2.14. The molecule has 26 heavy (non-hydrogen) atoms. The molecule has 1 aromatic carbocycles. The third-order valence-corrected chi connectivity index (χ3v) is 3.39. The van der Waals surface area contributed by atoms with Crippen molar-refractivity contribution in [1.82, 2.24) is 0 Å². The molecule has 0 bridgehead atoms. The second kappa shape index (κ2) is 9.31. The molecule has 2 aromatic rings. The highest BCUT2D eigenvalue weighted by Gasteiger charge is 2.16. The molecule has 0 N–H and O–H groups in total. The van der Waals surface area contributed by atoms with Gasteiger partial charge in [0.15, 0.2) is 11.5 Å². The van der Waals surface area contributed by atoms with Crippen LogP contribution in [0.3, 0.4) is 0 Å². The quantitative estimate of drug-likeness (QED) is 0.528. The van der Waals surface area contributed by atoms with Gasteiger partial charge in [-0.1, -0.05) is 6.07 Å². The highest BCUT2D eigenvalue weighted by Crippen LogP contribution is 2.28. The smallest absolute Gasteiger partial charge is 0.374 e. The summed E-state index contributed by atoms with van der Waals surface area (Å²) in [5, 5.41) is 0. The monoisotopic (exact) mass is 360 g/mol. The van der Waals surface area contributed by atoms with Crippen molar-refractivity contribution in [2.75, 3.05) is 20.8 Å². The summed E-state index contributed by atoms with van der Waals surface area (Å²) in [6, 6.07) is 6.85. The Hall–Kier alpha value is -3.22. The molecule has 0 saturated heterocycles. The van der Waals surface area contributed by atoms with Crippen LogP contribution in [0.2, 0.25) is 0 Å². The number of hydrogen-bond acceptors (Lipinski definition) is 7. The number of hydrogen-bond donors (Lipinski definition) is 0. The van der Waals surface area contributed by atoms with Gasteiger partial charge in [0.2, 0.25) is 5.76 Å². The van der Waals surface area contributed by atoms with Crippen molar-refractivity contribution in [3.05, 3.63) is 53.5 Å². The van der Waals surface area contributed by atoms with Crippen LogP contribution in [0, 0.1) is 0 Å². The van der Waals surface area contributed by atoms with Gasteiger partial charge in [0, 0.05) is 11.6 Å². The molecule has 0 fully saturated rings. The summed E-state index contributed by atoms with van der Waals surface area (Å²) < 4.78 is 25.4. The lowest BCUT2D eigenvalue weighted by molar-refractivity contribution is -0.138. The standard InChI is InChI=1S/C19H20O7/c1-4-24-15-7-5-13(11-16(15)22-2)6-8-17(20)26-12-14-9-10-25-18(14)19(21)23-3/h5-11H,4,12H2,1-3H3/b8-6+. The van der Waals surface area contributed by atoms with Crippen molar-refractivity contribution in [3.63, 3.8) is 0 Å². The molecule has 0 aliphatic carbocycles. The number of benzene rings is 1. The maximum absolute atomic E-state index is 11.9. The Bertz CT molecular complexity index is 789. The molecule has 7 heteroatoms. The van der Waals surface area contributed by atoms with E-state index in [-0.39, 0.29) is 12.4 Å². The van der Waals surface area contributed by atoms with E-state index in [0.29, 0.717) is 23.7 Å². The van der Waals surface area contributed by atoms with Crippen molar-refractivity contribution in [3.8, 4) is 11.5 Å². The Kier molecular flexibility index (Phi) is 6.84. The maximum Gasteiger partial charge on any atom is 0.374 e. The second-order valence-corrected chi connectivity index (χ2v) is 5.05. The minimum atomic E-state index is -0.627. The number of carbonyl (C=O) groups excluding carboxylic acids is 2. The predicted molar refractivity (Wildman–Crippen MR) is 93.0 cm³/mol. The van der Waals surface area contributed by atoms with Crippen LogP contribution < -0.4 is 9.47 Å². The van der Waals surface area contributed by atoms with Crippen molar-refractivity contribution >= 4 is 18.0 Å². The minimum absolute atomic E-state index is 0.0144. The first-order chi connectivity index (χ1) is 12.6. The fourth-order valence-electron chi connectivity index (χ4n) is 2.14. The SMILES string of the molecule is CCOc1ccc(/C=C/C(=O)OCc2ccoc2C(=O)OC)cc1OC. The zero-order valence-corrected chi connectivity index (χ0v) is 14.8. The van der Waals surface area contributed by atoms with Crippen LogP contribution in [0.4, 0.5) is 0 Å². The first-order valence-electron chi connectivity index (χ1n) is 7.89. The Balaban J connectivity index is 1.97. The Labute approximate surface area is 151 Å². The van der Waals surface area contributed by atoms with E-state index >= 15 is 0 Å². The number of rotatable bonds is 8. The average Bonchev–Trinajstić information content (AvgIpc) is 3.13. The summed E-state index contributed by atoms with van der Waals surface area (Å²) in [5.41, 5.74) is 1.18. The van der Waals surface area contributed by atoms with Crippen LogP contribution >= 0.6 is 0 Å². The topological polar surface area (TPSA) is 84.2 Å². The molecule has 0 saturated carbocycles. The predicted octanol–water partition coefficient (Wildman–Crippen LogP) is 3.23. The Morgan fingerprint density at radius 3 is 2.65 bits per heavy atom. The number of esters is 2. The highest BCUT2D eigenvalue weighted by atomic mass is 16.5. The van der Waals surface area contributed by atoms with Gasteiger partial charge in [-0.3, -0.25) is 0 Å². The normalized spacial score (nSPS) is 10.6. The molecule has 0 radical (unpaired) electrons. The van der Waals surface area contributed by atoms with Crippen LogP contribution in [0.15, 0.2) is 41.0 Å². The van der Waals surface area contributed by atoms with Crippen molar-refractivity contribution in [2.24, 2.45) is 0 Å². The molecule has 138 valence electrons. The summed E-state index contributed by atoms with van der Waals surface area (Å²) in [7, 11) is 2.79. The van der Waals surface area contributed by atoms with E-state index in [0.717, 1.165) is 5.56 Å². The summed E-state index contributed by atoms with van der Waals surface area (Å²) >= 11 is 0. The minimum Gasteiger partial charge on any atom is -0.493 e. The zero-order chi connectivity index (χ0) is 18.9. The van der Waals surface area contributed by atoms with Gasteiger partial charge >= 0.3 is 11.9 Å². The molecule has 0 unspecified atom stereocenters. The number of carbonyl (C=O) groups is 2. The molecule has 0 amide bonds. The molecule has 1 heterocycles. The van der Waals surface area contributed by atoms with E-state index in [1.807, 2.05) is 6.92 Å². The van der Waals surface area contributed by atoms with Gasteiger partial charge in [-0.15, -0.1) is 0 Å².